The van der Waals surface area contributed by atoms with Crippen molar-refractivity contribution in [1.29, 1.82) is 0 Å². The molecule has 5 heteroatoms. The van der Waals surface area contributed by atoms with Crippen molar-refractivity contribution in [3.05, 3.63) is 87.8 Å². The van der Waals surface area contributed by atoms with Gasteiger partial charge in [0.25, 0.3) is 0 Å². The second-order valence-corrected chi connectivity index (χ2v) is 7.85. The zero-order valence-corrected chi connectivity index (χ0v) is 16.7. The minimum atomic E-state index is -0.354. The topological polar surface area (TPSA) is 42.3 Å². The smallest absolute Gasteiger partial charge is 0.247 e. The number of para-hydroxylation sites is 2. The molecule has 0 atom stereocenters. The van der Waals surface area contributed by atoms with Crippen LogP contribution in [0, 0.1) is 12.7 Å². The van der Waals surface area contributed by atoms with E-state index in [9.17, 15) is 14.0 Å². The minimum absolute atomic E-state index is 0.0358. The molecule has 5 rings (SSSR count). The van der Waals surface area contributed by atoms with Crippen LogP contribution in [0.1, 0.15) is 17.5 Å². The molecule has 0 saturated carbocycles. The number of rotatable bonds is 2. The molecule has 1 aliphatic rings. The van der Waals surface area contributed by atoms with E-state index in [2.05, 4.69) is 0 Å². The monoisotopic (exact) mass is 400 g/mol. The fourth-order valence-electron chi connectivity index (χ4n) is 4.56. The molecule has 1 aromatic heterocycles. The number of pyridine rings is 1. The van der Waals surface area contributed by atoms with Gasteiger partial charge in [-0.3, -0.25) is 9.59 Å². The number of halogens is 1. The van der Waals surface area contributed by atoms with Gasteiger partial charge in [0.2, 0.25) is 5.91 Å². The number of carbonyl (C=O) groups is 1. The van der Waals surface area contributed by atoms with E-state index in [0.29, 0.717) is 34.0 Å². The molecule has 4 nitrogen and oxygen atoms in total. The predicted octanol–water partition coefficient (Wildman–Crippen LogP) is 4.58. The molecule has 0 fully saturated rings. The second kappa shape index (κ2) is 7.10. The van der Waals surface area contributed by atoms with E-state index >= 15 is 0 Å². The maximum atomic E-state index is 14.8. The van der Waals surface area contributed by atoms with E-state index in [-0.39, 0.29) is 23.7 Å². The third-order valence-electron chi connectivity index (χ3n) is 5.86. The maximum Gasteiger partial charge on any atom is 0.247 e. The van der Waals surface area contributed by atoms with Crippen LogP contribution in [0.5, 0.6) is 0 Å². The van der Waals surface area contributed by atoms with Gasteiger partial charge in [-0.15, -0.1) is 0 Å². The van der Waals surface area contributed by atoms with Gasteiger partial charge in [-0.25, -0.2) is 4.39 Å². The number of aromatic nitrogens is 1. The molecule has 150 valence electrons. The van der Waals surface area contributed by atoms with Crippen LogP contribution >= 0.6 is 0 Å². The number of hydrogen-bond donors (Lipinski definition) is 0. The molecule has 2 heterocycles. The van der Waals surface area contributed by atoms with Gasteiger partial charge in [0, 0.05) is 17.3 Å². The summed E-state index contributed by atoms with van der Waals surface area (Å²) in [6.45, 7) is 2.39. The van der Waals surface area contributed by atoms with Crippen LogP contribution in [0.2, 0.25) is 0 Å². The molecule has 0 bridgehead atoms. The van der Waals surface area contributed by atoms with Crippen molar-refractivity contribution in [1.82, 2.24) is 4.57 Å². The van der Waals surface area contributed by atoms with E-state index in [1.54, 1.807) is 17.0 Å². The van der Waals surface area contributed by atoms with Gasteiger partial charge in [0.05, 0.1) is 16.7 Å². The molecular weight excluding hydrogens is 379 g/mol. The van der Waals surface area contributed by atoms with Crippen LogP contribution in [0.15, 0.2) is 65.5 Å². The Balaban J connectivity index is 1.65. The highest BCUT2D eigenvalue weighted by Gasteiger charge is 2.27. The van der Waals surface area contributed by atoms with Gasteiger partial charge in [0.15, 0.2) is 5.43 Å². The van der Waals surface area contributed by atoms with E-state index in [0.717, 1.165) is 24.0 Å². The molecule has 0 N–H and O–H groups in total. The first-order valence-corrected chi connectivity index (χ1v) is 10.1. The second-order valence-electron chi connectivity index (χ2n) is 7.85. The molecule has 4 aromatic rings. The van der Waals surface area contributed by atoms with Crippen molar-refractivity contribution in [2.45, 2.75) is 26.3 Å². The Labute approximate surface area is 173 Å². The van der Waals surface area contributed by atoms with Gasteiger partial charge in [-0.05, 0) is 61.2 Å². The lowest BCUT2D eigenvalue weighted by Gasteiger charge is -2.31. The van der Waals surface area contributed by atoms with Crippen LogP contribution in [-0.4, -0.2) is 17.0 Å². The zero-order valence-electron chi connectivity index (χ0n) is 16.7. The average Bonchev–Trinajstić information content (AvgIpc) is 2.76. The van der Waals surface area contributed by atoms with Gasteiger partial charge < -0.3 is 9.47 Å². The first-order chi connectivity index (χ1) is 14.5. The summed E-state index contributed by atoms with van der Waals surface area (Å²) in [6.07, 6.45) is 1.56. The highest BCUT2D eigenvalue weighted by Crippen LogP contribution is 2.32. The van der Waals surface area contributed by atoms with Crippen molar-refractivity contribution in [3.63, 3.8) is 0 Å². The molecule has 3 aromatic carbocycles. The van der Waals surface area contributed by atoms with Gasteiger partial charge >= 0.3 is 0 Å². The number of aryl methyl sites for hydroxylation is 2. The highest BCUT2D eigenvalue weighted by atomic mass is 19.1. The number of hydrogen-bond acceptors (Lipinski definition) is 2. The maximum absolute atomic E-state index is 14.8. The predicted molar refractivity (Wildman–Crippen MR) is 118 cm³/mol. The Bertz CT molecular complexity index is 1310. The lowest BCUT2D eigenvalue weighted by atomic mass is 9.99. The summed E-state index contributed by atoms with van der Waals surface area (Å²) in [7, 11) is 0. The minimum Gasteiger partial charge on any atom is -0.331 e. The Morgan fingerprint density at radius 3 is 2.30 bits per heavy atom. The third kappa shape index (κ3) is 2.89. The summed E-state index contributed by atoms with van der Waals surface area (Å²) in [5.74, 6) is -0.537. The first-order valence-electron chi connectivity index (χ1n) is 10.1. The molecule has 0 aliphatic carbocycles. The first kappa shape index (κ1) is 18.6. The van der Waals surface area contributed by atoms with E-state index in [1.807, 2.05) is 54.0 Å². The summed E-state index contributed by atoms with van der Waals surface area (Å²) in [5.41, 5.74) is 3.49. The SMILES string of the molecule is Cc1cc(F)c2c(c1)CCCN2C(=O)Cn1c2ccccc2c(=O)c2ccccc21. The highest BCUT2D eigenvalue weighted by molar-refractivity contribution is 5.99. The molecule has 0 saturated heterocycles. The van der Waals surface area contributed by atoms with Gasteiger partial charge in [-0.2, -0.15) is 0 Å². The Hall–Kier alpha value is -3.47. The molecule has 30 heavy (non-hydrogen) atoms. The van der Waals surface area contributed by atoms with Crippen LogP contribution in [0.3, 0.4) is 0 Å². The van der Waals surface area contributed by atoms with Gasteiger partial charge in [0.1, 0.15) is 12.4 Å². The average molecular weight is 400 g/mol. The summed E-state index contributed by atoms with van der Waals surface area (Å²) in [5, 5.41) is 1.15. The number of fused-ring (bicyclic) bond motifs is 3. The molecular formula is C25H21FN2O2. The van der Waals surface area contributed by atoms with Crippen molar-refractivity contribution in [2.75, 3.05) is 11.4 Å². The Morgan fingerprint density at radius 2 is 1.63 bits per heavy atom. The number of carbonyl (C=O) groups excluding carboxylic acids is 1. The molecule has 0 spiro atoms. The molecule has 1 aliphatic heterocycles. The van der Waals surface area contributed by atoms with Crippen molar-refractivity contribution >= 4 is 33.4 Å². The zero-order chi connectivity index (χ0) is 20.8. The van der Waals surface area contributed by atoms with E-state index in [1.165, 1.54) is 6.07 Å². The van der Waals surface area contributed by atoms with Crippen LogP contribution < -0.4 is 10.3 Å². The van der Waals surface area contributed by atoms with Crippen molar-refractivity contribution in [3.8, 4) is 0 Å². The van der Waals surface area contributed by atoms with Crippen LogP contribution in [0.4, 0.5) is 10.1 Å². The number of benzene rings is 3. The Morgan fingerprint density at radius 1 is 1.00 bits per heavy atom. The Kier molecular flexibility index (Phi) is 4.39. The molecule has 1 amide bonds. The number of amides is 1. The standard InChI is InChI=1S/C25H21FN2O2/c1-16-13-17-7-6-12-27(24(17)20(26)14-16)23(29)15-28-21-10-4-2-8-18(21)25(30)19-9-3-5-11-22(19)28/h2-5,8-11,13-14H,6-7,12,15H2,1H3. The summed E-state index contributed by atoms with van der Waals surface area (Å²) < 4.78 is 16.7. The number of nitrogens with zero attached hydrogens (tertiary/aromatic N) is 2. The molecule has 0 radical (unpaired) electrons. The van der Waals surface area contributed by atoms with Crippen LogP contribution in [-0.2, 0) is 17.8 Å². The summed E-state index contributed by atoms with van der Waals surface area (Å²) >= 11 is 0. The van der Waals surface area contributed by atoms with E-state index < -0.39 is 0 Å². The van der Waals surface area contributed by atoms with Gasteiger partial charge in [-0.1, -0.05) is 30.3 Å². The summed E-state index contributed by atoms with van der Waals surface area (Å²) in [6, 6.07) is 18.1. The molecule has 0 unspecified atom stereocenters. The van der Waals surface area contributed by atoms with Crippen molar-refractivity contribution in [2.24, 2.45) is 0 Å². The summed E-state index contributed by atoms with van der Waals surface area (Å²) in [4.78, 5) is 27.9. The fraction of sp³-hybridized carbons (Fsp3) is 0.200. The van der Waals surface area contributed by atoms with Crippen LogP contribution in [0.25, 0.3) is 21.8 Å². The lowest BCUT2D eigenvalue weighted by Crippen LogP contribution is -2.38. The largest absolute Gasteiger partial charge is 0.331 e. The van der Waals surface area contributed by atoms with Crippen molar-refractivity contribution < 1.29 is 9.18 Å². The normalized spacial score (nSPS) is 13.6. The third-order valence-corrected chi connectivity index (χ3v) is 5.86. The fourth-order valence-corrected chi connectivity index (χ4v) is 4.56. The number of anilines is 1. The lowest BCUT2D eigenvalue weighted by molar-refractivity contribution is -0.119. The van der Waals surface area contributed by atoms with E-state index in [4.69, 9.17) is 0 Å². The quantitative estimate of drug-likeness (QED) is 0.462.